The van der Waals surface area contributed by atoms with Crippen LogP contribution in [0.5, 0.6) is 0 Å². The molecule has 37 heavy (non-hydrogen) atoms. The van der Waals surface area contributed by atoms with Crippen LogP contribution in [0.3, 0.4) is 0 Å². The van der Waals surface area contributed by atoms with E-state index in [1.165, 1.54) is 19.2 Å². The van der Waals surface area contributed by atoms with Crippen LogP contribution in [0, 0.1) is 5.92 Å². The maximum atomic E-state index is 14.2. The van der Waals surface area contributed by atoms with Crippen molar-refractivity contribution in [3.63, 3.8) is 0 Å². The molecule has 7 nitrogen and oxygen atoms in total. The van der Waals surface area contributed by atoms with Gasteiger partial charge in [-0.2, -0.15) is 13.2 Å². The Morgan fingerprint density at radius 2 is 1.92 bits per heavy atom. The van der Waals surface area contributed by atoms with Gasteiger partial charge in [0.1, 0.15) is 11.3 Å². The van der Waals surface area contributed by atoms with Crippen LogP contribution in [0.15, 0.2) is 63.6 Å². The van der Waals surface area contributed by atoms with Crippen LogP contribution in [0.25, 0.3) is 17.0 Å². The fraction of sp³-hybridized carbons (Fsp3) is 0.296. The molecular weight excluding hydrogens is 485 g/mol. The van der Waals surface area contributed by atoms with E-state index in [0.717, 1.165) is 16.7 Å². The normalized spacial score (nSPS) is 17.0. The number of carboxylic acid groups (broad SMARTS) is 1. The van der Waals surface area contributed by atoms with E-state index < -0.39 is 17.7 Å². The number of allylic oxidation sites excluding steroid dienone is 1. The molecule has 1 aliphatic carbocycles. The summed E-state index contributed by atoms with van der Waals surface area (Å²) in [5, 5.41) is 12.9. The van der Waals surface area contributed by atoms with Gasteiger partial charge in [0, 0.05) is 49.1 Å². The first-order valence-corrected chi connectivity index (χ1v) is 11.8. The molecule has 3 aromatic rings. The highest BCUT2D eigenvalue weighted by Crippen LogP contribution is 2.41. The van der Waals surface area contributed by atoms with Crippen LogP contribution in [-0.2, 0) is 23.9 Å². The molecule has 1 aliphatic heterocycles. The van der Waals surface area contributed by atoms with E-state index in [2.05, 4.69) is 15.0 Å². The van der Waals surface area contributed by atoms with Crippen LogP contribution in [0.2, 0.25) is 0 Å². The fourth-order valence-electron chi connectivity index (χ4n) is 5.02. The van der Waals surface area contributed by atoms with Crippen LogP contribution in [-0.4, -0.2) is 47.0 Å². The van der Waals surface area contributed by atoms with Crippen molar-refractivity contribution in [2.45, 2.75) is 25.6 Å². The number of benzene rings is 2. The lowest BCUT2D eigenvalue weighted by Gasteiger charge is -2.36. The summed E-state index contributed by atoms with van der Waals surface area (Å²) in [5.41, 5.74) is 9.11. The summed E-state index contributed by atoms with van der Waals surface area (Å²) in [4.78, 5) is 17.3. The molecule has 0 atom stereocenters. The second kappa shape index (κ2) is 9.51. The van der Waals surface area contributed by atoms with Crippen molar-refractivity contribution in [1.29, 1.82) is 0 Å². The highest BCUT2D eigenvalue weighted by Gasteiger charge is 2.43. The molecule has 1 fully saturated rings. The van der Waals surface area contributed by atoms with Gasteiger partial charge in [-0.15, -0.1) is 0 Å². The first-order chi connectivity index (χ1) is 17.7. The maximum Gasteiger partial charge on any atom is 0.422 e. The number of aliphatic imine (C=N–C) groups is 1. The molecule has 0 unspecified atom stereocenters. The minimum absolute atomic E-state index is 0.0609. The number of alkyl halides is 3. The molecule has 0 radical (unpaired) electrons. The first-order valence-electron chi connectivity index (χ1n) is 11.8. The zero-order valence-electron chi connectivity index (χ0n) is 20.0. The Morgan fingerprint density at radius 3 is 2.57 bits per heavy atom. The minimum Gasteiger partial charge on any atom is -0.481 e. The maximum absolute atomic E-state index is 14.2. The smallest absolute Gasteiger partial charge is 0.422 e. The van der Waals surface area contributed by atoms with Gasteiger partial charge >= 0.3 is 12.1 Å². The number of nitrogens with zero attached hydrogens (tertiary/aromatic N) is 3. The van der Waals surface area contributed by atoms with Crippen molar-refractivity contribution in [1.82, 2.24) is 10.1 Å². The highest BCUT2D eigenvalue weighted by molar-refractivity contribution is 6.17. The highest BCUT2D eigenvalue weighted by atomic mass is 19.4. The van der Waals surface area contributed by atoms with E-state index >= 15 is 0 Å². The zero-order valence-corrected chi connectivity index (χ0v) is 20.0. The van der Waals surface area contributed by atoms with Crippen molar-refractivity contribution >= 4 is 17.4 Å². The number of likely N-dealkylation sites (tertiary alicyclic amines) is 1. The number of carboxylic acids is 1. The molecule has 2 aromatic carbocycles. The molecule has 1 saturated heterocycles. The molecular formula is C27H25F3N4O3. The van der Waals surface area contributed by atoms with Gasteiger partial charge in [0.15, 0.2) is 5.76 Å². The molecule has 1 aromatic heterocycles. The van der Waals surface area contributed by atoms with Gasteiger partial charge in [-0.3, -0.25) is 14.7 Å². The van der Waals surface area contributed by atoms with Crippen molar-refractivity contribution in [3.05, 3.63) is 82.1 Å². The van der Waals surface area contributed by atoms with E-state index in [1.807, 2.05) is 18.2 Å². The Labute approximate surface area is 211 Å². The second-order valence-corrected chi connectivity index (χ2v) is 9.28. The molecule has 10 heteroatoms. The summed E-state index contributed by atoms with van der Waals surface area (Å²) < 4.78 is 47.9. The average molecular weight is 511 g/mol. The number of hydrogen-bond donors (Lipinski definition) is 2. The lowest BCUT2D eigenvalue weighted by atomic mass is 9.85. The van der Waals surface area contributed by atoms with Crippen molar-refractivity contribution in [3.8, 4) is 11.3 Å². The first kappa shape index (κ1) is 24.8. The number of halogens is 3. The number of aryl methyl sites for hydroxylation is 1. The van der Waals surface area contributed by atoms with Crippen molar-refractivity contribution in [2.24, 2.45) is 16.6 Å². The Kier molecular flexibility index (Phi) is 6.36. The summed E-state index contributed by atoms with van der Waals surface area (Å²) in [7, 11) is 1.42. The van der Waals surface area contributed by atoms with E-state index in [-0.39, 0.29) is 28.6 Å². The molecule has 0 spiro atoms. The molecule has 3 N–H and O–H groups in total. The summed E-state index contributed by atoms with van der Waals surface area (Å²) in [5.74, 6) is -1.47. The van der Waals surface area contributed by atoms with Crippen LogP contribution < -0.4 is 5.73 Å². The molecule has 0 bridgehead atoms. The molecule has 192 valence electrons. The van der Waals surface area contributed by atoms with E-state index in [1.54, 1.807) is 18.2 Å². The fourth-order valence-corrected chi connectivity index (χ4v) is 5.02. The van der Waals surface area contributed by atoms with Gasteiger partial charge in [0.25, 0.3) is 0 Å². The Balaban J connectivity index is 1.47. The molecule has 2 aliphatic rings. The van der Waals surface area contributed by atoms with E-state index in [0.29, 0.717) is 43.7 Å². The minimum atomic E-state index is -4.72. The summed E-state index contributed by atoms with van der Waals surface area (Å²) in [6, 6.07) is 13.8. The van der Waals surface area contributed by atoms with Crippen molar-refractivity contribution in [2.75, 3.05) is 20.1 Å². The quantitative estimate of drug-likeness (QED) is 0.469. The lowest BCUT2D eigenvalue weighted by molar-refractivity contribution is -0.147. The monoisotopic (exact) mass is 510 g/mol. The summed E-state index contributed by atoms with van der Waals surface area (Å²) >= 11 is 0. The third-order valence-electron chi connectivity index (χ3n) is 6.89. The number of fused-ring (bicyclic) bond motifs is 1. The number of nitrogens with two attached hydrogens (primary N) is 1. The topological polar surface area (TPSA) is 105 Å². The third kappa shape index (κ3) is 4.64. The van der Waals surface area contributed by atoms with Crippen LogP contribution in [0.1, 0.15) is 34.4 Å². The van der Waals surface area contributed by atoms with E-state index in [9.17, 15) is 18.0 Å². The number of hydrogen-bond acceptors (Lipinski definition) is 6. The van der Waals surface area contributed by atoms with Gasteiger partial charge in [0.2, 0.25) is 0 Å². The van der Waals surface area contributed by atoms with Gasteiger partial charge < -0.3 is 15.4 Å². The largest absolute Gasteiger partial charge is 0.481 e. The third-order valence-corrected chi connectivity index (χ3v) is 6.89. The standard InChI is InChI=1S/C27H25F3N4O3/c1-32-23(24-21(27(28,29)30)25(37-33-24)16-5-3-2-4-6-16)20-10-8-17-11-15(7-9-19(17)22(20)31)12-34-13-18(14-34)26(35)36/h2-7,9,11,18H,8,10,12-14,31H2,1H3,(H,35,36). The van der Waals surface area contributed by atoms with E-state index in [4.69, 9.17) is 15.4 Å². The summed E-state index contributed by atoms with van der Waals surface area (Å²) in [6.45, 7) is 1.66. The second-order valence-electron chi connectivity index (χ2n) is 9.28. The van der Waals surface area contributed by atoms with Gasteiger partial charge in [-0.1, -0.05) is 53.7 Å². The molecule has 5 rings (SSSR count). The Morgan fingerprint density at radius 1 is 1.19 bits per heavy atom. The van der Waals surface area contributed by atoms with Crippen LogP contribution >= 0.6 is 0 Å². The van der Waals surface area contributed by atoms with Gasteiger partial charge in [-0.25, -0.2) is 0 Å². The van der Waals surface area contributed by atoms with Crippen molar-refractivity contribution < 1.29 is 27.6 Å². The molecule has 2 heterocycles. The molecule has 0 amide bonds. The summed E-state index contributed by atoms with van der Waals surface area (Å²) in [6.07, 6.45) is -3.75. The number of rotatable bonds is 6. The zero-order chi connectivity index (χ0) is 26.3. The predicted molar refractivity (Wildman–Crippen MR) is 132 cm³/mol. The number of aliphatic carboxylic acids is 1. The molecule has 0 saturated carbocycles. The average Bonchev–Trinajstić information content (AvgIpc) is 3.29. The van der Waals surface area contributed by atoms with Gasteiger partial charge in [0.05, 0.1) is 11.6 Å². The van der Waals surface area contributed by atoms with Crippen LogP contribution in [0.4, 0.5) is 13.2 Å². The predicted octanol–water partition coefficient (Wildman–Crippen LogP) is 4.61. The number of aromatic nitrogens is 1. The van der Waals surface area contributed by atoms with Gasteiger partial charge in [-0.05, 0) is 24.0 Å². The Hall–Kier alpha value is -3.92. The lowest BCUT2D eigenvalue weighted by Crippen LogP contribution is -2.49. The SMILES string of the molecule is CN=C(C1=C(N)c2ccc(CN3CC(C(=O)O)C3)cc2CC1)c1noc(-c2ccccc2)c1C(F)(F)F. The number of carbonyl (C=O) groups is 1. The Bertz CT molecular complexity index is 1400.